The van der Waals surface area contributed by atoms with E-state index in [1.165, 1.54) is 17.4 Å². The summed E-state index contributed by atoms with van der Waals surface area (Å²) in [5.74, 6) is -1.48. The summed E-state index contributed by atoms with van der Waals surface area (Å²) in [6, 6.07) is 2.57. The van der Waals surface area contributed by atoms with Crippen LogP contribution < -0.4 is 0 Å². The van der Waals surface area contributed by atoms with Crippen molar-refractivity contribution in [2.24, 2.45) is 0 Å². The van der Waals surface area contributed by atoms with Crippen molar-refractivity contribution in [3.63, 3.8) is 0 Å². The van der Waals surface area contributed by atoms with Gasteiger partial charge in [0.1, 0.15) is 5.01 Å². The van der Waals surface area contributed by atoms with Crippen molar-refractivity contribution in [1.82, 2.24) is 4.98 Å². The number of rotatable bonds is 2. The topological polar surface area (TPSA) is 12.9 Å². The number of aromatic nitrogens is 1. The van der Waals surface area contributed by atoms with Gasteiger partial charge in [0.05, 0.1) is 16.0 Å². The smallest absolute Gasteiger partial charge is 0.173 e. The highest BCUT2D eigenvalue weighted by Gasteiger charge is 2.14. The molecule has 6 heteroatoms. The highest BCUT2D eigenvalue weighted by molar-refractivity contribution is 9.10. The number of hydrogen-bond donors (Lipinski definition) is 0. The summed E-state index contributed by atoms with van der Waals surface area (Å²) in [5.41, 5.74) is 1.25. The first-order valence-corrected chi connectivity index (χ1v) is 6.48. The Morgan fingerprint density at radius 1 is 1.38 bits per heavy atom. The fraction of sp³-hybridized carbons (Fsp3) is 0.100. The molecule has 0 aliphatic rings. The molecule has 0 saturated carbocycles. The monoisotopic (exact) mass is 323 g/mol. The summed E-state index contributed by atoms with van der Waals surface area (Å²) in [5, 5.41) is 2.40. The second kappa shape index (κ2) is 4.77. The Kier molecular flexibility index (Phi) is 3.56. The van der Waals surface area contributed by atoms with E-state index in [0.29, 0.717) is 16.5 Å². The Balaban J connectivity index is 2.52. The van der Waals surface area contributed by atoms with Gasteiger partial charge in [-0.05, 0) is 28.1 Å². The molecule has 0 saturated heterocycles. The summed E-state index contributed by atoms with van der Waals surface area (Å²) in [4.78, 5) is 4.20. The van der Waals surface area contributed by atoms with Gasteiger partial charge in [0.25, 0.3) is 0 Å². The lowest BCUT2D eigenvalue weighted by molar-refractivity contribution is 0.505. The predicted octanol–water partition coefficient (Wildman–Crippen LogP) is 4.59. The Labute approximate surface area is 108 Å². The van der Waals surface area contributed by atoms with Crippen LogP contribution in [-0.4, -0.2) is 4.98 Å². The van der Waals surface area contributed by atoms with Crippen LogP contribution in [0.4, 0.5) is 8.78 Å². The number of thiazole rings is 1. The Bertz CT molecular complexity index is 530. The van der Waals surface area contributed by atoms with Crippen LogP contribution in [0.5, 0.6) is 0 Å². The highest BCUT2D eigenvalue weighted by atomic mass is 79.9. The first-order valence-electron chi connectivity index (χ1n) is 4.27. The molecule has 0 N–H and O–H groups in total. The summed E-state index contributed by atoms with van der Waals surface area (Å²) >= 11 is 9.98. The van der Waals surface area contributed by atoms with E-state index >= 15 is 0 Å². The molecule has 1 aromatic heterocycles. The van der Waals surface area contributed by atoms with E-state index in [4.69, 9.17) is 11.6 Å². The molecule has 0 atom stereocenters. The number of hydrogen-bond acceptors (Lipinski definition) is 2. The zero-order chi connectivity index (χ0) is 11.7. The van der Waals surface area contributed by atoms with Crippen molar-refractivity contribution in [3.8, 4) is 10.6 Å². The molecule has 0 spiro atoms. The van der Waals surface area contributed by atoms with Gasteiger partial charge >= 0.3 is 0 Å². The van der Waals surface area contributed by atoms with Gasteiger partial charge in [0.15, 0.2) is 11.6 Å². The largest absolute Gasteiger partial charge is 0.240 e. The van der Waals surface area contributed by atoms with Gasteiger partial charge in [-0.25, -0.2) is 13.8 Å². The maximum Gasteiger partial charge on any atom is 0.173 e. The fourth-order valence-corrected chi connectivity index (χ4v) is 2.90. The van der Waals surface area contributed by atoms with Crippen molar-refractivity contribution in [2.75, 3.05) is 0 Å². The second-order valence-corrected chi connectivity index (χ2v) is 4.92. The Hall–Kier alpha value is -0.520. The van der Waals surface area contributed by atoms with Crippen LogP contribution in [0.3, 0.4) is 0 Å². The lowest BCUT2D eigenvalue weighted by Gasteiger charge is -2.02. The van der Waals surface area contributed by atoms with Gasteiger partial charge < -0.3 is 0 Å². The van der Waals surface area contributed by atoms with Crippen LogP contribution in [0.25, 0.3) is 10.6 Å². The lowest BCUT2D eigenvalue weighted by atomic mass is 10.2. The van der Waals surface area contributed by atoms with E-state index in [0.717, 1.165) is 11.8 Å². The summed E-state index contributed by atoms with van der Waals surface area (Å²) < 4.78 is 26.3. The highest BCUT2D eigenvalue weighted by Crippen LogP contribution is 2.33. The zero-order valence-electron chi connectivity index (χ0n) is 7.81. The summed E-state index contributed by atoms with van der Waals surface area (Å²) in [7, 11) is 0. The maximum atomic E-state index is 13.3. The third-order valence-electron chi connectivity index (χ3n) is 1.95. The molecule has 0 aliphatic heterocycles. The van der Waals surface area contributed by atoms with Crippen LogP contribution in [0.15, 0.2) is 22.0 Å². The van der Waals surface area contributed by atoms with Gasteiger partial charge in [-0.15, -0.1) is 22.9 Å². The van der Waals surface area contributed by atoms with Crippen molar-refractivity contribution in [2.45, 2.75) is 5.88 Å². The van der Waals surface area contributed by atoms with Gasteiger partial charge in [-0.2, -0.15) is 0 Å². The number of halogens is 4. The van der Waals surface area contributed by atoms with Crippen molar-refractivity contribution in [3.05, 3.63) is 39.3 Å². The fourth-order valence-electron chi connectivity index (χ4n) is 1.18. The lowest BCUT2D eigenvalue weighted by Crippen LogP contribution is -1.89. The van der Waals surface area contributed by atoms with E-state index in [-0.39, 0.29) is 4.47 Å². The zero-order valence-corrected chi connectivity index (χ0v) is 11.0. The van der Waals surface area contributed by atoms with Crippen molar-refractivity contribution >= 4 is 38.9 Å². The molecule has 1 nitrogen and oxygen atoms in total. The first kappa shape index (κ1) is 12.0. The molecule has 84 valence electrons. The van der Waals surface area contributed by atoms with Gasteiger partial charge in [-0.1, -0.05) is 0 Å². The Morgan fingerprint density at radius 3 is 2.75 bits per heavy atom. The summed E-state index contributed by atoms with van der Waals surface area (Å²) in [6.45, 7) is 0. The third kappa shape index (κ3) is 2.12. The number of benzene rings is 1. The van der Waals surface area contributed by atoms with Gasteiger partial charge in [0, 0.05) is 10.9 Å². The second-order valence-electron chi connectivity index (χ2n) is 3.00. The van der Waals surface area contributed by atoms with E-state index in [1.807, 2.05) is 0 Å². The standard InChI is InChI=1S/C10H5BrClF2NS/c11-8-6(1-2-7(13)9(8)14)10-15-5(3-12)4-16-10/h1-2,4H,3H2. The number of alkyl halides is 1. The molecule has 1 heterocycles. The predicted molar refractivity (Wildman–Crippen MR) is 64.7 cm³/mol. The normalized spacial score (nSPS) is 10.8. The molecule has 2 rings (SSSR count). The number of nitrogens with zero attached hydrogens (tertiary/aromatic N) is 1. The maximum absolute atomic E-state index is 13.3. The quantitative estimate of drug-likeness (QED) is 0.581. The van der Waals surface area contributed by atoms with Crippen LogP contribution in [0.1, 0.15) is 5.69 Å². The SMILES string of the molecule is Fc1ccc(-c2nc(CCl)cs2)c(Br)c1F. The van der Waals surface area contributed by atoms with Crippen LogP contribution in [0, 0.1) is 11.6 Å². The molecule has 1 aromatic carbocycles. The minimum atomic E-state index is -0.903. The van der Waals surface area contributed by atoms with E-state index in [1.54, 1.807) is 5.38 Å². The Morgan fingerprint density at radius 2 is 2.12 bits per heavy atom. The minimum absolute atomic E-state index is 0.0861. The van der Waals surface area contributed by atoms with Gasteiger partial charge in [0.2, 0.25) is 0 Å². The molecule has 0 unspecified atom stereocenters. The van der Waals surface area contributed by atoms with Crippen molar-refractivity contribution < 1.29 is 8.78 Å². The molecule has 0 amide bonds. The molecule has 0 fully saturated rings. The van der Waals surface area contributed by atoms with Crippen LogP contribution >= 0.6 is 38.9 Å². The molecular weight excluding hydrogens is 320 g/mol. The molecule has 0 radical (unpaired) electrons. The molecule has 0 bridgehead atoms. The average molecular weight is 325 g/mol. The minimum Gasteiger partial charge on any atom is -0.240 e. The van der Waals surface area contributed by atoms with Gasteiger partial charge in [-0.3, -0.25) is 0 Å². The average Bonchev–Trinajstić information content (AvgIpc) is 2.74. The van der Waals surface area contributed by atoms with Crippen LogP contribution in [-0.2, 0) is 5.88 Å². The molecular formula is C10H5BrClF2NS. The van der Waals surface area contributed by atoms with Crippen LogP contribution in [0.2, 0.25) is 0 Å². The first-order chi connectivity index (χ1) is 7.63. The van der Waals surface area contributed by atoms with E-state index < -0.39 is 11.6 Å². The van der Waals surface area contributed by atoms with E-state index in [9.17, 15) is 8.78 Å². The molecule has 0 aliphatic carbocycles. The third-order valence-corrected chi connectivity index (χ3v) is 3.93. The molecule has 2 aromatic rings. The van der Waals surface area contributed by atoms with Crippen molar-refractivity contribution in [1.29, 1.82) is 0 Å². The summed E-state index contributed by atoms with van der Waals surface area (Å²) in [6.07, 6.45) is 0. The van der Waals surface area contributed by atoms with E-state index in [2.05, 4.69) is 20.9 Å². The molecule has 16 heavy (non-hydrogen) atoms.